The minimum absolute atomic E-state index is 0.0569. The van der Waals surface area contributed by atoms with Crippen molar-refractivity contribution in [3.8, 4) is 11.8 Å². The van der Waals surface area contributed by atoms with Crippen molar-refractivity contribution in [2.75, 3.05) is 0 Å². The number of aromatic nitrogens is 2. The number of fused-ring (bicyclic) bond motifs is 1. The molecule has 0 spiro atoms. The van der Waals surface area contributed by atoms with Crippen LogP contribution in [0.4, 0.5) is 0 Å². The van der Waals surface area contributed by atoms with Crippen LogP contribution >= 0.6 is 23.2 Å². The highest BCUT2D eigenvalue weighted by molar-refractivity contribution is 7.87. The lowest BCUT2D eigenvalue weighted by Crippen LogP contribution is -2.09. The zero-order chi connectivity index (χ0) is 16.6. The number of halogens is 2. The van der Waals surface area contributed by atoms with Crippen LogP contribution in [0, 0.1) is 11.3 Å². The number of H-pyrrole nitrogens is 1. The van der Waals surface area contributed by atoms with E-state index in [-0.39, 0.29) is 26.4 Å². The highest BCUT2D eigenvalue weighted by Crippen LogP contribution is 2.28. The van der Waals surface area contributed by atoms with Crippen LogP contribution in [0.5, 0.6) is 5.75 Å². The van der Waals surface area contributed by atoms with E-state index in [1.807, 2.05) is 6.07 Å². The summed E-state index contributed by atoms with van der Waals surface area (Å²) in [5.41, 5.74) is 0.748. The van der Waals surface area contributed by atoms with E-state index >= 15 is 0 Å². The lowest BCUT2D eigenvalue weighted by Gasteiger charge is -2.08. The van der Waals surface area contributed by atoms with E-state index in [2.05, 4.69) is 10.2 Å². The lowest BCUT2D eigenvalue weighted by molar-refractivity contribution is 0.486. The molecule has 0 aliphatic rings. The fraction of sp³-hybridized carbons (Fsp3) is 0. The summed E-state index contributed by atoms with van der Waals surface area (Å²) in [7, 11) is -4.08. The summed E-state index contributed by atoms with van der Waals surface area (Å²) in [4.78, 5) is -0.125. The first kappa shape index (κ1) is 15.6. The Morgan fingerprint density at radius 3 is 2.61 bits per heavy atom. The first-order chi connectivity index (χ1) is 10.9. The molecule has 0 fully saturated rings. The molecule has 0 radical (unpaired) electrons. The monoisotopic (exact) mass is 367 g/mol. The molecule has 0 bridgehead atoms. The third-order valence-corrected chi connectivity index (χ3v) is 5.01. The predicted molar refractivity (Wildman–Crippen MR) is 85.1 cm³/mol. The fourth-order valence-corrected chi connectivity index (χ4v) is 3.25. The Bertz CT molecular complexity index is 1050. The quantitative estimate of drug-likeness (QED) is 0.714. The summed E-state index contributed by atoms with van der Waals surface area (Å²) >= 11 is 11.6. The van der Waals surface area contributed by atoms with E-state index in [9.17, 15) is 8.42 Å². The van der Waals surface area contributed by atoms with Crippen LogP contribution < -0.4 is 4.18 Å². The van der Waals surface area contributed by atoms with Gasteiger partial charge in [0.1, 0.15) is 16.7 Å². The van der Waals surface area contributed by atoms with Gasteiger partial charge < -0.3 is 4.18 Å². The first-order valence-electron chi connectivity index (χ1n) is 6.18. The summed E-state index contributed by atoms with van der Waals surface area (Å²) in [6.07, 6.45) is 0. The normalized spacial score (nSPS) is 11.3. The summed E-state index contributed by atoms with van der Waals surface area (Å²) in [6, 6.07) is 10.2. The van der Waals surface area contributed by atoms with Gasteiger partial charge in [-0.2, -0.15) is 18.8 Å². The van der Waals surface area contributed by atoms with E-state index in [0.29, 0.717) is 10.9 Å². The van der Waals surface area contributed by atoms with Gasteiger partial charge in [-0.05, 0) is 36.4 Å². The number of aromatic amines is 1. The van der Waals surface area contributed by atoms with Crippen molar-refractivity contribution in [1.82, 2.24) is 10.2 Å². The van der Waals surface area contributed by atoms with Crippen LogP contribution in [-0.4, -0.2) is 18.6 Å². The molecule has 3 aromatic rings. The topological polar surface area (TPSA) is 95.8 Å². The standard InChI is InChI=1S/C14H7Cl2N3O3S/c15-11-3-2-9(6-12(11)16)23(20,21)22-8-1-4-13-10(5-8)14(7-17)19-18-13/h1-6H,(H,18,19). The number of nitriles is 1. The molecule has 2 aromatic carbocycles. The molecule has 0 aliphatic carbocycles. The van der Waals surface area contributed by atoms with Crippen LogP contribution in [0.1, 0.15) is 5.69 Å². The second-order valence-corrected chi connectivity index (χ2v) is 6.87. The zero-order valence-corrected chi connectivity index (χ0v) is 13.6. The van der Waals surface area contributed by atoms with Gasteiger partial charge in [-0.15, -0.1) is 0 Å². The lowest BCUT2D eigenvalue weighted by atomic mass is 10.2. The van der Waals surface area contributed by atoms with Crippen molar-refractivity contribution < 1.29 is 12.6 Å². The molecular formula is C14H7Cl2N3O3S. The summed E-state index contributed by atoms with van der Waals surface area (Å²) in [6.45, 7) is 0. The van der Waals surface area contributed by atoms with Gasteiger partial charge in [-0.25, -0.2) is 0 Å². The highest BCUT2D eigenvalue weighted by Gasteiger charge is 2.19. The van der Waals surface area contributed by atoms with E-state index in [1.54, 1.807) is 6.07 Å². The molecule has 3 rings (SSSR count). The van der Waals surface area contributed by atoms with Crippen molar-refractivity contribution >= 4 is 44.2 Å². The van der Waals surface area contributed by atoms with E-state index in [4.69, 9.17) is 32.6 Å². The molecule has 6 nitrogen and oxygen atoms in total. The van der Waals surface area contributed by atoms with Crippen LogP contribution in [0.2, 0.25) is 10.0 Å². The first-order valence-corrected chi connectivity index (χ1v) is 8.35. The Balaban J connectivity index is 2.00. The minimum atomic E-state index is -4.08. The maximum absolute atomic E-state index is 12.3. The molecule has 9 heteroatoms. The summed E-state index contributed by atoms with van der Waals surface area (Å²) in [5.74, 6) is 0.0569. The van der Waals surface area contributed by atoms with Gasteiger partial charge in [0.25, 0.3) is 0 Å². The van der Waals surface area contributed by atoms with Crippen LogP contribution in [0.15, 0.2) is 41.3 Å². The van der Waals surface area contributed by atoms with Gasteiger partial charge in [0.2, 0.25) is 0 Å². The van der Waals surface area contributed by atoms with Crippen molar-refractivity contribution in [2.24, 2.45) is 0 Å². The zero-order valence-electron chi connectivity index (χ0n) is 11.2. The molecule has 116 valence electrons. The van der Waals surface area contributed by atoms with Gasteiger partial charge in [0.05, 0.1) is 15.6 Å². The Morgan fingerprint density at radius 1 is 1.13 bits per heavy atom. The molecule has 0 saturated heterocycles. The van der Waals surface area contributed by atoms with Gasteiger partial charge in [0, 0.05) is 5.39 Å². The number of rotatable bonds is 3. The van der Waals surface area contributed by atoms with Gasteiger partial charge >= 0.3 is 10.1 Å². The molecule has 0 atom stereocenters. The van der Waals surface area contributed by atoms with Gasteiger partial charge in [-0.1, -0.05) is 23.2 Å². The molecule has 1 heterocycles. The number of nitrogens with zero attached hydrogens (tertiary/aromatic N) is 2. The van der Waals surface area contributed by atoms with Crippen molar-refractivity contribution in [2.45, 2.75) is 4.90 Å². The third-order valence-electron chi connectivity index (χ3n) is 3.03. The third kappa shape index (κ3) is 2.97. The summed E-state index contributed by atoms with van der Waals surface area (Å²) < 4.78 is 29.6. The second kappa shape index (κ2) is 5.74. The molecule has 1 aromatic heterocycles. The van der Waals surface area contributed by atoms with Gasteiger partial charge in [0.15, 0.2) is 5.69 Å². The molecular weight excluding hydrogens is 361 g/mol. The van der Waals surface area contributed by atoms with Gasteiger partial charge in [-0.3, -0.25) is 5.10 Å². The van der Waals surface area contributed by atoms with E-state index < -0.39 is 10.1 Å². The smallest absolute Gasteiger partial charge is 0.339 e. The average Bonchev–Trinajstić information content (AvgIpc) is 2.91. The Kier molecular flexibility index (Phi) is 3.90. The van der Waals surface area contributed by atoms with Crippen molar-refractivity contribution in [1.29, 1.82) is 5.26 Å². The highest BCUT2D eigenvalue weighted by atomic mass is 35.5. The maximum Gasteiger partial charge on any atom is 0.339 e. The molecule has 23 heavy (non-hydrogen) atoms. The van der Waals surface area contributed by atoms with Crippen molar-refractivity contribution in [3.63, 3.8) is 0 Å². The molecule has 1 N–H and O–H groups in total. The average molecular weight is 368 g/mol. The van der Waals surface area contributed by atoms with Crippen LogP contribution in [0.3, 0.4) is 0 Å². The number of benzene rings is 2. The van der Waals surface area contributed by atoms with E-state index in [1.165, 1.54) is 30.3 Å². The second-order valence-electron chi connectivity index (χ2n) is 4.50. The molecule has 0 aliphatic heterocycles. The molecule has 0 amide bonds. The SMILES string of the molecule is N#Cc1n[nH]c2ccc(OS(=O)(=O)c3ccc(Cl)c(Cl)c3)cc12. The largest absolute Gasteiger partial charge is 0.379 e. The minimum Gasteiger partial charge on any atom is -0.379 e. The number of nitrogens with one attached hydrogen (secondary N) is 1. The predicted octanol–water partition coefficient (Wildman–Crippen LogP) is 3.51. The Hall–Kier alpha value is -2.27. The van der Waals surface area contributed by atoms with Crippen LogP contribution in [-0.2, 0) is 10.1 Å². The Morgan fingerprint density at radius 2 is 1.91 bits per heavy atom. The Labute approximate surface area is 141 Å². The summed E-state index contributed by atoms with van der Waals surface area (Å²) in [5, 5.41) is 16.2. The fourth-order valence-electron chi connectivity index (χ4n) is 1.94. The maximum atomic E-state index is 12.3. The van der Waals surface area contributed by atoms with E-state index in [0.717, 1.165) is 0 Å². The van der Waals surface area contributed by atoms with Crippen LogP contribution in [0.25, 0.3) is 10.9 Å². The molecule has 0 saturated carbocycles. The number of hydrogen-bond acceptors (Lipinski definition) is 5. The number of hydrogen-bond donors (Lipinski definition) is 1. The molecule has 0 unspecified atom stereocenters. The van der Waals surface area contributed by atoms with Crippen molar-refractivity contribution in [3.05, 3.63) is 52.1 Å².